The number of amides is 2. The van der Waals surface area contributed by atoms with Crippen molar-refractivity contribution < 1.29 is 14.3 Å². The lowest BCUT2D eigenvalue weighted by molar-refractivity contribution is -0.116. The molecule has 152 valence electrons. The molecular formula is C20H20ClN3O3S2. The molecule has 0 radical (unpaired) electrons. The van der Waals surface area contributed by atoms with Crippen LogP contribution in [0.5, 0.6) is 5.75 Å². The molecule has 3 rings (SSSR count). The van der Waals surface area contributed by atoms with Crippen molar-refractivity contribution in [3.05, 3.63) is 56.7 Å². The first-order valence-electron chi connectivity index (χ1n) is 9.02. The van der Waals surface area contributed by atoms with E-state index in [4.69, 9.17) is 16.3 Å². The zero-order valence-electron chi connectivity index (χ0n) is 15.7. The number of thiazole rings is 1. The minimum atomic E-state index is -0.240. The molecule has 2 heterocycles. The average molecular weight is 450 g/mol. The van der Waals surface area contributed by atoms with E-state index in [1.54, 1.807) is 23.6 Å². The molecule has 0 saturated heterocycles. The molecule has 0 bridgehead atoms. The molecule has 3 aromatic rings. The molecule has 0 fully saturated rings. The number of anilines is 2. The third-order valence-electron chi connectivity index (χ3n) is 3.73. The molecule has 0 aliphatic rings. The predicted octanol–water partition coefficient (Wildman–Crippen LogP) is 5.01. The van der Waals surface area contributed by atoms with Gasteiger partial charge in [-0.25, -0.2) is 4.98 Å². The lowest BCUT2D eigenvalue weighted by atomic mass is 10.2. The predicted molar refractivity (Wildman–Crippen MR) is 118 cm³/mol. The number of carbonyl (C=O) groups excluding carboxylic acids is 2. The van der Waals surface area contributed by atoms with Crippen LogP contribution in [-0.2, 0) is 22.4 Å². The van der Waals surface area contributed by atoms with E-state index in [2.05, 4.69) is 15.6 Å². The van der Waals surface area contributed by atoms with Crippen LogP contribution in [0, 0.1) is 0 Å². The van der Waals surface area contributed by atoms with Gasteiger partial charge in [0.25, 0.3) is 0 Å². The molecule has 0 spiro atoms. The van der Waals surface area contributed by atoms with E-state index in [-0.39, 0.29) is 18.2 Å². The molecule has 6 nitrogen and oxygen atoms in total. The maximum atomic E-state index is 12.4. The van der Waals surface area contributed by atoms with E-state index in [0.717, 1.165) is 11.3 Å². The van der Waals surface area contributed by atoms with Crippen LogP contribution < -0.4 is 15.4 Å². The number of hydrogen-bond acceptors (Lipinski definition) is 6. The number of nitrogens with one attached hydrogen (secondary N) is 2. The van der Waals surface area contributed by atoms with Crippen LogP contribution in [0.25, 0.3) is 0 Å². The standard InChI is InChI=1S/C20H20ClN3O3S2/c1-2-7-27-17-6-5-13(21)9-16(17)23-18(25)10-14-12-29-20(22-14)24-19(26)11-15-4-3-8-28-15/h3-6,8-9,12H,2,7,10-11H2,1H3,(H,23,25)(H,22,24,26). The van der Waals surface area contributed by atoms with Crippen molar-refractivity contribution in [2.24, 2.45) is 0 Å². The summed E-state index contributed by atoms with van der Waals surface area (Å²) in [4.78, 5) is 29.8. The van der Waals surface area contributed by atoms with Crippen molar-refractivity contribution in [3.8, 4) is 5.75 Å². The number of hydrogen-bond donors (Lipinski definition) is 2. The van der Waals surface area contributed by atoms with Gasteiger partial charge >= 0.3 is 0 Å². The topological polar surface area (TPSA) is 80.3 Å². The van der Waals surface area contributed by atoms with Gasteiger partial charge in [0.1, 0.15) is 5.75 Å². The second-order valence-electron chi connectivity index (χ2n) is 6.16. The second kappa shape index (κ2) is 10.4. The van der Waals surface area contributed by atoms with Crippen LogP contribution >= 0.6 is 34.3 Å². The molecule has 0 atom stereocenters. The highest BCUT2D eigenvalue weighted by molar-refractivity contribution is 7.14. The molecule has 2 amide bonds. The quantitative estimate of drug-likeness (QED) is 0.481. The molecule has 9 heteroatoms. The summed E-state index contributed by atoms with van der Waals surface area (Å²) in [5.74, 6) is 0.203. The van der Waals surface area contributed by atoms with E-state index in [1.807, 2.05) is 24.4 Å². The van der Waals surface area contributed by atoms with Gasteiger partial charge in [-0.15, -0.1) is 22.7 Å². The van der Waals surface area contributed by atoms with Crippen molar-refractivity contribution >= 4 is 56.9 Å². The number of nitrogens with zero attached hydrogens (tertiary/aromatic N) is 1. The van der Waals surface area contributed by atoms with Gasteiger partial charge in [-0.3, -0.25) is 9.59 Å². The van der Waals surface area contributed by atoms with Gasteiger partial charge in [-0.2, -0.15) is 0 Å². The fraction of sp³-hybridized carbons (Fsp3) is 0.250. The molecule has 0 aliphatic carbocycles. The first-order chi connectivity index (χ1) is 14.0. The van der Waals surface area contributed by atoms with Gasteiger partial charge < -0.3 is 15.4 Å². The fourth-order valence-corrected chi connectivity index (χ4v) is 4.08. The summed E-state index contributed by atoms with van der Waals surface area (Å²) in [5.41, 5.74) is 1.10. The molecule has 29 heavy (non-hydrogen) atoms. The van der Waals surface area contributed by atoms with Crippen LogP contribution in [0.3, 0.4) is 0 Å². The molecular weight excluding hydrogens is 430 g/mol. The maximum Gasteiger partial charge on any atom is 0.231 e. The minimum absolute atomic E-state index is 0.0804. The highest BCUT2D eigenvalue weighted by Gasteiger charge is 2.13. The largest absolute Gasteiger partial charge is 0.491 e. The van der Waals surface area contributed by atoms with Crippen LogP contribution in [0.1, 0.15) is 23.9 Å². The summed E-state index contributed by atoms with van der Waals surface area (Å²) in [6.07, 6.45) is 1.25. The Labute approximate surface area is 181 Å². The Morgan fingerprint density at radius 1 is 1.14 bits per heavy atom. The third kappa shape index (κ3) is 6.56. The minimum Gasteiger partial charge on any atom is -0.491 e. The van der Waals surface area contributed by atoms with Crippen LogP contribution in [0.2, 0.25) is 5.02 Å². The number of carbonyl (C=O) groups is 2. The molecule has 2 aromatic heterocycles. The zero-order valence-corrected chi connectivity index (χ0v) is 18.1. The summed E-state index contributed by atoms with van der Waals surface area (Å²) in [7, 11) is 0. The highest BCUT2D eigenvalue weighted by atomic mass is 35.5. The molecule has 0 saturated carbocycles. The smallest absolute Gasteiger partial charge is 0.231 e. The van der Waals surface area contributed by atoms with E-state index in [0.29, 0.717) is 40.3 Å². The van der Waals surface area contributed by atoms with Gasteiger partial charge in [0, 0.05) is 15.3 Å². The Bertz CT molecular complexity index is 973. The summed E-state index contributed by atoms with van der Waals surface area (Å²) < 4.78 is 5.65. The first-order valence-corrected chi connectivity index (χ1v) is 11.2. The number of benzene rings is 1. The summed E-state index contributed by atoms with van der Waals surface area (Å²) in [6.45, 7) is 2.55. The van der Waals surface area contributed by atoms with Crippen molar-refractivity contribution in [2.45, 2.75) is 26.2 Å². The second-order valence-corrected chi connectivity index (χ2v) is 8.49. The Hall–Kier alpha value is -2.42. The van der Waals surface area contributed by atoms with E-state index in [9.17, 15) is 9.59 Å². The number of halogens is 1. The van der Waals surface area contributed by atoms with E-state index >= 15 is 0 Å². The van der Waals surface area contributed by atoms with Crippen LogP contribution in [0.15, 0.2) is 41.1 Å². The highest BCUT2D eigenvalue weighted by Crippen LogP contribution is 2.28. The average Bonchev–Trinajstić information content (AvgIpc) is 3.33. The first kappa shape index (κ1) is 21.3. The summed E-state index contributed by atoms with van der Waals surface area (Å²) >= 11 is 8.86. The Morgan fingerprint density at radius 3 is 2.72 bits per heavy atom. The van der Waals surface area contributed by atoms with Crippen molar-refractivity contribution in [1.29, 1.82) is 0 Å². The van der Waals surface area contributed by atoms with Crippen molar-refractivity contribution in [1.82, 2.24) is 4.98 Å². The van der Waals surface area contributed by atoms with Crippen molar-refractivity contribution in [2.75, 3.05) is 17.2 Å². The Morgan fingerprint density at radius 2 is 1.97 bits per heavy atom. The number of ether oxygens (including phenoxy) is 1. The Kier molecular flexibility index (Phi) is 7.62. The van der Waals surface area contributed by atoms with Gasteiger partial charge in [0.2, 0.25) is 11.8 Å². The van der Waals surface area contributed by atoms with Crippen LogP contribution in [-0.4, -0.2) is 23.4 Å². The molecule has 1 aromatic carbocycles. The number of aromatic nitrogens is 1. The number of rotatable bonds is 9. The Balaban J connectivity index is 1.56. The fourth-order valence-electron chi connectivity index (χ4n) is 2.48. The van der Waals surface area contributed by atoms with E-state index in [1.165, 1.54) is 22.7 Å². The summed E-state index contributed by atoms with van der Waals surface area (Å²) in [5, 5.41) is 10.3. The molecule has 0 aliphatic heterocycles. The van der Waals surface area contributed by atoms with Crippen molar-refractivity contribution in [3.63, 3.8) is 0 Å². The third-order valence-corrected chi connectivity index (χ3v) is 5.65. The van der Waals surface area contributed by atoms with Gasteiger partial charge in [0.05, 0.1) is 30.8 Å². The summed E-state index contributed by atoms with van der Waals surface area (Å²) in [6, 6.07) is 8.93. The molecule has 2 N–H and O–H groups in total. The van der Waals surface area contributed by atoms with E-state index < -0.39 is 0 Å². The van der Waals surface area contributed by atoms with Crippen LogP contribution in [0.4, 0.5) is 10.8 Å². The number of thiophene rings is 1. The zero-order chi connectivity index (χ0) is 20.6. The molecule has 0 unspecified atom stereocenters. The monoisotopic (exact) mass is 449 g/mol. The van der Waals surface area contributed by atoms with Gasteiger partial charge in [-0.05, 0) is 36.1 Å². The normalized spacial score (nSPS) is 10.6. The van der Waals surface area contributed by atoms with Gasteiger partial charge in [0.15, 0.2) is 5.13 Å². The lowest BCUT2D eigenvalue weighted by Gasteiger charge is -2.12. The SMILES string of the molecule is CCCOc1ccc(Cl)cc1NC(=O)Cc1csc(NC(=O)Cc2cccs2)n1. The lowest BCUT2D eigenvalue weighted by Crippen LogP contribution is -2.16. The maximum absolute atomic E-state index is 12.4. The van der Waals surface area contributed by atoms with Gasteiger partial charge in [-0.1, -0.05) is 24.6 Å².